The average Bonchev–Trinajstić information content (AvgIpc) is 2.68. The summed E-state index contributed by atoms with van der Waals surface area (Å²) in [7, 11) is 0. The standard InChI is InChI=1S/C13H16N2O3/c1-8(2)15-11(16)6-10(13(17)18)12(15)9-4-3-5-14-7-9/h3-5,7-8,10,12H,6H2,1-2H3,(H,17,18)/t10-,12-/m0/s1. The second-order valence-electron chi connectivity index (χ2n) is 4.77. The molecule has 5 heteroatoms. The number of aliphatic carboxylic acids is 1. The number of likely N-dealkylation sites (tertiary alicyclic amines) is 1. The van der Waals surface area contributed by atoms with E-state index in [0.29, 0.717) is 0 Å². The molecule has 0 aromatic carbocycles. The van der Waals surface area contributed by atoms with Gasteiger partial charge in [0.2, 0.25) is 5.91 Å². The summed E-state index contributed by atoms with van der Waals surface area (Å²) in [6, 6.07) is 3.15. The molecule has 96 valence electrons. The van der Waals surface area contributed by atoms with Gasteiger partial charge in [0.25, 0.3) is 0 Å². The Morgan fingerprint density at radius 3 is 2.78 bits per heavy atom. The van der Waals surface area contributed by atoms with Crippen molar-refractivity contribution in [3.05, 3.63) is 30.1 Å². The van der Waals surface area contributed by atoms with Crippen molar-refractivity contribution in [1.29, 1.82) is 0 Å². The molecule has 18 heavy (non-hydrogen) atoms. The maximum atomic E-state index is 12.0. The van der Waals surface area contributed by atoms with Crippen molar-refractivity contribution >= 4 is 11.9 Å². The number of carbonyl (C=O) groups is 2. The first-order chi connectivity index (χ1) is 8.52. The number of carboxylic acids is 1. The lowest BCUT2D eigenvalue weighted by Crippen LogP contribution is -2.36. The summed E-state index contributed by atoms with van der Waals surface area (Å²) in [6.45, 7) is 3.79. The van der Waals surface area contributed by atoms with Gasteiger partial charge in [-0.3, -0.25) is 14.6 Å². The fraction of sp³-hybridized carbons (Fsp3) is 0.462. The lowest BCUT2D eigenvalue weighted by atomic mass is 9.94. The molecule has 1 fully saturated rings. The number of carbonyl (C=O) groups excluding carboxylic acids is 1. The van der Waals surface area contributed by atoms with Gasteiger partial charge in [-0.05, 0) is 25.5 Å². The summed E-state index contributed by atoms with van der Waals surface area (Å²) in [5, 5.41) is 9.26. The quantitative estimate of drug-likeness (QED) is 0.879. The van der Waals surface area contributed by atoms with E-state index in [1.54, 1.807) is 23.4 Å². The van der Waals surface area contributed by atoms with Crippen LogP contribution < -0.4 is 0 Å². The number of pyridine rings is 1. The van der Waals surface area contributed by atoms with Gasteiger partial charge in [-0.2, -0.15) is 0 Å². The highest BCUT2D eigenvalue weighted by molar-refractivity contribution is 5.87. The average molecular weight is 248 g/mol. The molecule has 2 heterocycles. The normalized spacial score (nSPS) is 23.7. The zero-order chi connectivity index (χ0) is 13.3. The summed E-state index contributed by atoms with van der Waals surface area (Å²) in [5.74, 6) is -1.73. The Labute approximate surface area is 105 Å². The fourth-order valence-electron chi connectivity index (χ4n) is 2.53. The van der Waals surface area contributed by atoms with Gasteiger partial charge in [0.15, 0.2) is 0 Å². The minimum absolute atomic E-state index is 0.0212. The third-order valence-corrected chi connectivity index (χ3v) is 3.26. The highest BCUT2D eigenvalue weighted by atomic mass is 16.4. The number of carboxylic acid groups (broad SMARTS) is 1. The summed E-state index contributed by atoms with van der Waals surface area (Å²) < 4.78 is 0. The largest absolute Gasteiger partial charge is 0.481 e. The Hall–Kier alpha value is -1.91. The smallest absolute Gasteiger partial charge is 0.309 e. The summed E-state index contributed by atoms with van der Waals surface area (Å²) >= 11 is 0. The Morgan fingerprint density at radius 2 is 2.28 bits per heavy atom. The highest BCUT2D eigenvalue weighted by Crippen LogP contribution is 2.39. The Bertz CT molecular complexity index is 459. The lowest BCUT2D eigenvalue weighted by molar-refractivity contribution is -0.142. The van der Waals surface area contributed by atoms with Crippen molar-refractivity contribution in [2.24, 2.45) is 5.92 Å². The molecule has 1 aromatic heterocycles. The number of hydrogen-bond acceptors (Lipinski definition) is 3. The van der Waals surface area contributed by atoms with Gasteiger partial charge < -0.3 is 10.0 Å². The molecule has 2 atom stereocenters. The molecule has 1 aliphatic heterocycles. The topological polar surface area (TPSA) is 70.5 Å². The predicted octanol–water partition coefficient (Wildman–Crippen LogP) is 1.46. The summed E-state index contributed by atoms with van der Waals surface area (Å²) in [6.07, 6.45) is 3.33. The van der Waals surface area contributed by atoms with Gasteiger partial charge >= 0.3 is 5.97 Å². The van der Waals surface area contributed by atoms with Crippen LogP contribution in [0.15, 0.2) is 24.5 Å². The van der Waals surface area contributed by atoms with Crippen molar-refractivity contribution in [3.8, 4) is 0 Å². The van der Waals surface area contributed by atoms with E-state index in [-0.39, 0.29) is 18.4 Å². The van der Waals surface area contributed by atoms with E-state index in [1.165, 1.54) is 0 Å². The number of amides is 1. The van der Waals surface area contributed by atoms with Crippen LogP contribution in [0.3, 0.4) is 0 Å². The van der Waals surface area contributed by atoms with Crippen LogP contribution >= 0.6 is 0 Å². The number of hydrogen-bond donors (Lipinski definition) is 1. The third-order valence-electron chi connectivity index (χ3n) is 3.26. The maximum Gasteiger partial charge on any atom is 0.309 e. The molecule has 1 amide bonds. The van der Waals surface area contributed by atoms with Crippen molar-refractivity contribution in [2.75, 3.05) is 0 Å². The van der Waals surface area contributed by atoms with Crippen LogP contribution in [0.2, 0.25) is 0 Å². The zero-order valence-electron chi connectivity index (χ0n) is 10.4. The van der Waals surface area contributed by atoms with Gasteiger partial charge in [-0.25, -0.2) is 0 Å². The van der Waals surface area contributed by atoms with Crippen LogP contribution in [0.5, 0.6) is 0 Å². The zero-order valence-corrected chi connectivity index (χ0v) is 10.4. The number of aromatic nitrogens is 1. The molecule has 1 aromatic rings. The first kappa shape index (κ1) is 12.5. The molecule has 0 radical (unpaired) electrons. The van der Waals surface area contributed by atoms with E-state index >= 15 is 0 Å². The monoisotopic (exact) mass is 248 g/mol. The van der Waals surface area contributed by atoms with E-state index in [4.69, 9.17) is 0 Å². The SMILES string of the molecule is CC(C)N1C(=O)C[C@H](C(=O)O)[C@@H]1c1cccnc1. The summed E-state index contributed by atoms with van der Waals surface area (Å²) in [5.41, 5.74) is 0.782. The second-order valence-corrected chi connectivity index (χ2v) is 4.77. The van der Waals surface area contributed by atoms with Gasteiger partial charge in [-0.15, -0.1) is 0 Å². The fourth-order valence-corrected chi connectivity index (χ4v) is 2.53. The molecule has 0 unspecified atom stereocenters. The molecular formula is C13H16N2O3. The number of rotatable bonds is 3. The molecule has 0 spiro atoms. The third kappa shape index (κ3) is 2.08. The molecule has 1 saturated heterocycles. The molecule has 0 aliphatic carbocycles. The highest BCUT2D eigenvalue weighted by Gasteiger charge is 2.45. The van der Waals surface area contributed by atoms with Gasteiger partial charge in [0.05, 0.1) is 12.0 Å². The summed E-state index contributed by atoms with van der Waals surface area (Å²) in [4.78, 5) is 28.9. The lowest BCUT2D eigenvalue weighted by Gasteiger charge is -2.30. The minimum atomic E-state index is -0.930. The minimum Gasteiger partial charge on any atom is -0.481 e. The molecule has 0 saturated carbocycles. The van der Waals surface area contributed by atoms with Crippen molar-refractivity contribution in [1.82, 2.24) is 9.88 Å². The van der Waals surface area contributed by atoms with Gasteiger partial charge in [0.1, 0.15) is 0 Å². The van der Waals surface area contributed by atoms with Crippen LogP contribution in [-0.4, -0.2) is 32.9 Å². The van der Waals surface area contributed by atoms with E-state index in [2.05, 4.69) is 4.98 Å². The molecule has 1 N–H and O–H groups in total. The van der Waals surface area contributed by atoms with Crippen LogP contribution in [-0.2, 0) is 9.59 Å². The molecule has 1 aliphatic rings. The Balaban J connectivity index is 2.43. The van der Waals surface area contributed by atoms with Crippen LogP contribution in [0.4, 0.5) is 0 Å². The molecular weight excluding hydrogens is 232 g/mol. The first-order valence-electron chi connectivity index (χ1n) is 5.96. The van der Waals surface area contributed by atoms with Crippen molar-refractivity contribution in [3.63, 3.8) is 0 Å². The Kier molecular flexibility index (Phi) is 3.32. The second kappa shape index (κ2) is 4.76. The van der Waals surface area contributed by atoms with Crippen molar-refractivity contribution in [2.45, 2.75) is 32.4 Å². The van der Waals surface area contributed by atoms with E-state index in [1.807, 2.05) is 19.9 Å². The van der Waals surface area contributed by atoms with E-state index in [0.717, 1.165) is 5.56 Å². The maximum absolute atomic E-state index is 12.0. The predicted molar refractivity (Wildman–Crippen MR) is 64.7 cm³/mol. The van der Waals surface area contributed by atoms with Gasteiger partial charge in [-0.1, -0.05) is 6.07 Å². The molecule has 2 rings (SSSR count). The van der Waals surface area contributed by atoms with Crippen LogP contribution in [0.25, 0.3) is 0 Å². The van der Waals surface area contributed by atoms with Gasteiger partial charge in [0, 0.05) is 24.9 Å². The van der Waals surface area contributed by atoms with Crippen LogP contribution in [0, 0.1) is 5.92 Å². The van der Waals surface area contributed by atoms with E-state index in [9.17, 15) is 14.7 Å². The Morgan fingerprint density at radius 1 is 1.56 bits per heavy atom. The molecule has 5 nitrogen and oxygen atoms in total. The number of nitrogens with zero attached hydrogens (tertiary/aromatic N) is 2. The molecule has 0 bridgehead atoms. The van der Waals surface area contributed by atoms with Crippen molar-refractivity contribution < 1.29 is 14.7 Å². The van der Waals surface area contributed by atoms with E-state index < -0.39 is 17.9 Å². The van der Waals surface area contributed by atoms with Crippen LogP contribution in [0.1, 0.15) is 31.9 Å². The first-order valence-corrected chi connectivity index (χ1v) is 5.96.